The monoisotopic (exact) mass is 326 g/mol. The van der Waals surface area contributed by atoms with E-state index in [0.29, 0.717) is 10.6 Å². The second-order valence-electron chi connectivity index (χ2n) is 5.56. The maximum Gasteiger partial charge on any atom is 0.338 e. The summed E-state index contributed by atoms with van der Waals surface area (Å²) < 4.78 is 21.5. The van der Waals surface area contributed by atoms with E-state index in [1.54, 1.807) is 38.1 Å². The zero-order chi connectivity index (χ0) is 15.9. The van der Waals surface area contributed by atoms with E-state index in [4.69, 9.17) is 30.5 Å². The first-order valence-corrected chi connectivity index (χ1v) is 7.21. The molecule has 0 amide bonds. The lowest BCUT2D eigenvalue weighted by Gasteiger charge is -2.19. The molecule has 3 atom stereocenters. The van der Waals surface area contributed by atoms with Crippen molar-refractivity contribution >= 4 is 23.4 Å². The molecule has 6 nitrogen and oxygen atoms in total. The van der Waals surface area contributed by atoms with Gasteiger partial charge in [0.15, 0.2) is 30.1 Å². The van der Waals surface area contributed by atoms with Crippen LogP contribution in [-0.4, -0.2) is 42.6 Å². The highest BCUT2D eigenvalue weighted by molar-refractivity contribution is 6.30. The molecular formula is C15H15ClO6. The van der Waals surface area contributed by atoms with Crippen LogP contribution in [0.3, 0.4) is 0 Å². The predicted molar refractivity (Wildman–Crippen MR) is 75.4 cm³/mol. The second-order valence-corrected chi connectivity index (χ2v) is 5.99. The van der Waals surface area contributed by atoms with Gasteiger partial charge in [-0.15, -0.1) is 0 Å². The Balaban J connectivity index is 1.56. The van der Waals surface area contributed by atoms with Crippen molar-refractivity contribution in [2.75, 3.05) is 6.61 Å². The number of fused-ring (bicyclic) bond motifs is 1. The fraction of sp³-hybridized carbons (Fsp3) is 0.467. The maximum atomic E-state index is 12.1. The molecule has 0 radical (unpaired) electrons. The highest BCUT2D eigenvalue weighted by Crippen LogP contribution is 2.35. The zero-order valence-corrected chi connectivity index (χ0v) is 12.8. The lowest BCUT2D eigenvalue weighted by Crippen LogP contribution is -2.33. The fourth-order valence-corrected chi connectivity index (χ4v) is 2.50. The molecule has 7 heteroatoms. The molecule has 118 valence electrons. The van der Waals surface area contributed by atoms with Gasteiger partial charge in [0, 0.05) is 5.02 Å². The van der Waals surface area contributed by atoms with Crippen molar-refractivity contribution in [2.45, 2.75) is 38.1 Å². The number of Topliss-reactive ketones (excluding diaryl/α,β-unsaturated/α-hetero) is 1. The van der Waals surface area contributed by atoms with Crippen LogP contribution in [0.15, 0.2) is 24.3 Å². The first-order valence-electron chi connectivity index (χ1n) is 6.83. The number of halogens is 1. The van der Waals surface area contributed by atoms with Crippen LogP contribution in [0, 0.1) is 0 Å². The van der Waals surface area contributed by atoms with E-state index < -0.39 is 30.3 Å². The Morgan fingerprint density at radius 1 is 1.27 bits per heavy atom. The number of carbonyl (C=O) groups excluding carboxylic acids is 2. The largest absolute Gasteiger partial charge is 0.459 e. The van der Waals surface area contributed by atoms with Crippen molar-refractivity contribution < 1.29 is 28.5 Å². The van der Waals surface area contributed by atoms with Crippen LogP contribution in [0.2, 0.25) is 5.02 Å². The molecule has 0 aromatic heterocycles. The molecule has 0 bridgehead atoms. The van der Waals surface area contributed by atoms with Gasteiger partial charge in [-0.05, 0) is 38.1 Å². The minimum atomic E-state index is -0.873. The number of carbonyl (C=O) groups is 2. The van der Waals surface area contributed by atoms with Gasteiger partial charge in [0.25, 0.3) is 0 Å². The summed E-state index contributed by atoms with van der Waals surface area (Å²) in [5.74, 6) is -1.68. The highest BCUT2D eigenvalue weighted by Gasteiger charge is 2.54. The van der Waals surface area contributed by atoms with Crippen molar-refractivity contribution in [1.29, 1.82) is 0 Å². The van der Waals surface area contributed by atoms with Crippen LogP contribution in [0.5, 0.6) is 0 Å². The molecule has 0 N–H and O–H groups in total. The molecule has 22 heavy (non-hydrogen) atoms. The summed E-state index contributed by atoms with van der Waals surface area (Å²) in [6.07, 6.45) is -2.39. The molecule has 3 rings (SSSR count). The van der Waals surface area contributed by atoms with Crippen LogP contribution < -0.4 is 0 Å². The molecule has 1 aromatic carbocycles. The van der Waals surface area contributed by atoms with Crippen molar-refractivity contribution in [3.63, 3.8) is 0 Å². The Labute approximate surface area is 132 Å². The summed E-state index contributed by atoms with van der Waals surface area (Å²) in [4.78, 5) is 24.0. The molecule has 2 saturated heterocycles. The van der Waals surface area contributed by atoms with Crippen LogP contribution in [0.4, 0.5) is 0 Å². The van der Waals surface area contributed by atoms with E-state index >= 15 is 0 Å². The third kappa shape index (κ3) is 3.01. The van der Waals surface area contributed by atoms with Gasteiger partial charge in [-0.3, -0.25) is 4.79 Å². The molecule has 2 fully saturated rings. The highest BCUT2D eigenvalue weighted by atomic mass is 35.5. The Hall–Kier alpha value is -1.47. The number of hydrogen-bond acceptors (Lipinski definition) is 6. The van der Waals surface area contributed by atoms with Gasteiger partial charge < -0.3 is 18.9 Å². The van der Waals surface area contributed by atoms with Crippen LogP contribution in [0.1, 0.15) is 24.2 Å². The van der Waals surface area contributed by atoms with Crippen LogP contribution in [0.25, 0.3) is 0 Å². The molecule has 0 saturated carbocycles. The molecular weight excluding hydrogens is 312 g/mol. The number of rotatable bonds is 3. The quantitative estimate of drug-likeness (QED) is 0.791. The smallest absolute Gasteiger partial charge is 0.338 e. The normalized spacial score (nSPS) is 29.4. The lowest BCUT2D eigenvalue weighted by molar-refractivity contribution is -0.207. The average Bonchev–Trinajstić information content (AvgIpc) is 2.91. The Bertz CT molecular complexity index is 597. The predicted octanol–water partition coefficient (Wildman–Crippen LogP) is 1.94. The van der Waals surface area contributed by atoms with E-state index in [1.165, 1.54) is 0 Å². The molecule has 2 aliphatic heterocycles. The van der Waals surface area contributed by atoms with Crippen molar-refractivity contribution in [3.8, 4) is 0 Å². The summed E-state index contributed by atoms with van der Waals surface area (Å²) in [6, 6.07) is 6.27. The average molecular weight is 327 g/mol. The standard InChI is InChI=1S/C15H15ClO6/c1-15(2)21-12-11(17)10(20-14(12)22-15)7-19-13(18)8-3-5-9(16)6-4-8/h3-6,10,12,14H,7H2,1-2H3/t10-,12-,14-/m1/s1. The van der Waals surface area contributed by atoms with Gasteiger partial charge in [0.05, 0.1) is 5.56 Å². The summed E-state index contributed by atoms with van der Waals surface area (Å²) in [6.45, 7) is 3.23. The number of ketones is 1. The topological polar surface area (TPSA) is 71.1 Å². The molecule has 0 spiro atoms. The molecule has 0 unspecified atom stereocenters. The SMILES string of the molecule is CC1(C)O[C@H]2O[C@H](COC(=O)c3ccc(Cl)cc3)C(=O)[C@H]2O1. The maximum absolute atomic E-state index is 12.1. The first kappa shape index (κ1) is 15.4. The van der Waals surface area contributed by atoms with E-state index in [1.807, 2.05) is 0 Å². The number of hydrogen-bond donors (Lipinski definition) is 0. The van der Waals surface area contributed by atoms with Crippen molar-refractivity contribution in [3.05, 3.63) is 34.9 Å². The molecule has 2 aliphatic rings. The van der Waals surface area contributed by atoms with E-state index in [9.17, 15) is 9.59 Å². The zero-order valence-electron chi connectivity index (χ0n) is 12.1. The minimum Gasteiger partial charge on any atom is -0.459 e. The first-order chi connectivity index (χ1) is 10.4. The van der Waals surface area contributed by atoms with Crippen molar-refractivity contribution in [2.24, 2.45) is 0 Å². The lowest BCUT2D eigenvalue weighted by atomic mass is 10.2. The van der Waals surface area contributed by atoms with Gasteiger partial charge in [-0.25, -0.2) is 4.79 Å². The Kier molecular flexibility index (Phi) is 3.94. The van der Waals surface area contributed by atoms with E-state index in [0.717, 1.165) is 0 Å². The Morgan fingerprint density at radius 3 is 2.59 bits per heavy atom. The molecule has 2 heterocycles. The third-order valence-corrected chi connectivity index (χ3v) is 3.65. The number of esters is 1. The van der Waals surface area contributed by atoms with Gasteiger partial charge in [-0.2, -0.15) is 0 Å². The number of ether oxygens (including phenoxy) is 4. The summed E-state index contributed by atoms with van der Waals surface area (Å²) in [5, 5.41) is 0.524. The van der Waals surface area contributed by atoms with E-state index in [2.05, 4.69) is 0 Å². The van der Waals surface area contributed by atoms with Crippen LogP contribution in [-0.2, 0) is 23.7 Å². The molecule has 0 aliphatic carbocycles. The third-order valence-electron chi connectivity index (χ3n) is 3.40. The minimum absolute atomic E-state index is 0.180. The van der Waals surface area contributed by atoms with E-state index in [-0.39, 0.29) is 12.4 Å². The van der Waals surface area contributed by atoms with Gasteiger partial charge >= 0.3 is 5.97 Å². The van der Waals surface area contributed by atoms with Crippen LogP contribution >= 0.6 is 11.6 Å². The second kappa shape index (κ2) is 5.62. The summed E-state index contributed by atoms with van der Waals surface area (Å²) in [5.41, 5.74) is 0.351. The van der Waals surface area contributed by atoms with Crippen molar-refractivity contribution in [1.82, 2.24) is 0 Å². The summed E-state index contributed by atoms with van der Waals surface area (Å²) >= 11 is 5.75. The van der Waals surface area contributed by atoms with Gasteiger partial charge in [0.1, 0.15) is 6.61 Å². The number of benzene rings is 1. The fourth-order valence-electron chi connectivity index (χ4n) is 2.38. The summed E-state index contributed by atoms with van der Waals surface area (Å²) in [7, 11) is 0. The van der Waals surface area contributed by atoms with Gasteiger partial charge in [-0.1, -0.05) is 11.6 Å². The van der Waals surface area contributed by atoms with Gasteiger partial charge in [0.2, 0.25) is 0 Å². The Morgan fingerprint density at radius 2 is 1.95 bits per heavy atom. The molecule has 1 aromatic rings.